The molecule has 0 fully saturated rings. The standard InChI is InChI=1S/C9H13BrN2OS/c1-6(3-11)4-12-9(13)8-2-7(10)5-14-8/h2,5-6H,3-4,11H2,1H3,(H,12,13). The van der Waals surface area contributed by atoms with E-state index in [1.165, 1.54) is 11.3 Å². The maximum atomic E-state index is 11.5. The summed E-state index contributed by atoms with van der Waals surface area (Å²) in [7, 11) is 0. The van der Waals surface area contributed by atoms with Gasteiger partial charge in [-0.1, -0.05) is 6.92 Å². The topological polar surface area (TPSA) is 55.1 Å². The molecule has 0 aliphatic rings. The second kappa shape index (κ2) is 5.48. The minimum Gasteiger partial charge on any atom is -0.351 e. The van der Waals surface area contributed by atoms with E-state index in [1.54, 1.807) is 0 Å². The van der Waals surface area contributed by atoms with Crippen molar-refractivity contribution >= 4 is 33.2 Å². The highest BCUT2D eigenvalue weighted by Crippen LogP contribution is 2.19. The molecular formula is C9H13BrN2OS. The van der Waals surface area contributed by atoms with Crippen LogP contribution in [-0.4, -0.2) is 19.0 Å². The van der Waals surface area contributed by atoms with Gasteiger partial charge in [-0.2, -0.15) is 0 Å². The Labute approximate surface area is 95.8 Å². The van der Waals surface area contributed by atoms with Crippen LogP contribution in [0, 0.1) is 5.92 Å². The molecule has 14 heavy (non-hydrogen) atoms. The summed E-state index contributed by atoms with van der Waals surface area (Å²) >= 11 is 4.73. The summed E-state index contributed by atoms with van der Waals surface area (Å²) in [6, 6.07) is 1.81. The van der Waals surface area contributed by atoms with Crippen LogP contribution in [0.25, 0.3) is 0 Å². The largest absolute Gasteiger partial charge is 0.351 e. The van der Waals surface area contributed by atoms with Crippen molar-refractivity contribution < 1.29 is 4.79 Å². The molecule has 0 radical (unpaired) electrons. The van der Waals surface area contributed by atoms with Gasteiger partial charge >= 0.3 is 0 Å². The summed E-state index contributed by atoms with van der Waals surface area (Å²) in [5, 5.41) is 4.72. The summed E-state index contributed by atoms with van der Waals surface area (Å²) < 4.78 is 0.944. The van der Waals surface area contributed by atoms with Gasteiger partial charge in [-0.25, -0.2) is 0 Å². The lowest BCUT2D eigenvalue weighted by atomic mass is 10.2. The molecule has 0 aliphatic carbocycles. The van der Waals surface area contributed by atoms with Gasteiger partial charge in [0, 0.05) is 16.4 Å². The van der Waals surface area contributed by atoms with Gasteiger partial charge in [0.25, 0.3) is 5.91 Å². The second-order valence-electron chi connectivity index (χ2n) is 3.18. The van der Waals surface area contributed by atoms with Crippen LogP contribution in [-0.2, 0) is 0 Å². The Hall–Kier alpha value is -0.390. The van der Waals surface area contributed by atoms with Crippen molar-refractivity contribution in [3.8, 4) is 0 Å². The third-order valence-electron chi connectivity index (χ3n) is 1.80. The highest BCUT2D eigenvalue weighted by Gasteiger charge is 2.08. The molecule has 1 aromatic heterocycles. The van der Waals surface area contributed by atoms with Crippen LogP contribution < -0.4 is 11.1 Å². The normalized spacial score (nSPS) is 12.5. The summed E-state index contributed by atoms with van der Waals surface area (Å²) in [6.45, 7) is 3.23. The average Bonchev–Trinajstić information content (AvgIpc) is 2.60. The van der Waals surface area contributed by atoms with E-state index in [0.717, 1.165) is 9.35 Å². The molecule has 1 amide bonds. The minimum absolute atomic E-state index is 0.0269. The van der Waals surface area contributed by atoms with Gasteiger partial charge in [0.15, 0.2) is 0 Å². The Balaban J connectivity index is 2.43. The lowest BCUT2D eigenvalue weighted by Crippen LogP contribution is -2.30. The number of nitrogens with one attached hydrogen (secondary N) is 1. The zero-order chi connectivity index (χ0) is 10.6. The number of hydrogen-bond donors (Lipinski definition) is 2. The van der Waals surface area contributed by atoms with Gasteiger partial charge in [0.1, 0.15) is 0 Å². The van der Waals surface area contributed by atoms with Crippen LogP contribution in [0.4, 0.5) is 0 Å². The monoisotopic (exact) mass is 276 g/mol. The number of halogens is 1. The maximum Gasteiger partial charge on any atom is 0.261 e. The van der Waals surface area contributed by atoms with Gasteiger partial charge in [-0.3, -0.25) is 4.79 Å². The first kappa shape index (κ1) is 11.7. The fourth-order valence-corrected chi connectivity index (χ4v) is 2.21. The van der Waals surface area contributed by atoms with Crippen LogP contribution in [0.1, 0.15) is 16.6 Å². The van der Waals surface area contributed by atoms with Crippen LogP contribution >= 0.6 is 27.3 Å². The third-order valence-corrected chi connectivity index (χ3v) is 3.49. The average molecular weight is 277 g/mol. The molecule has 1 heterocycles. The first-order valence-corrected chi connectivity index (χ1v) is 6.03. The molecule has 1 atom stereocenters. The predicted octanol–water partition coefficient (Wildman–Crippen LogP) is 1.84. The van der Waals surface area contributed by atoms with E-state index in [1.807, 2.05) is 18.4 Å². The molecule has 78 valence electrons. The van der Waals surface area contributed by atoms with Crippen molar-refractivity contribution in [3.05, 3.63) is 20.8 Å². The van der Waals surface area contributed by atoms with E-state index in [2.05, 4.69) is 21.2 Å². The van der Waals surface area contributed by atoms with Crippen LogP contribution in [0.2, 0.25) is 0 Å². The number of nitrogens with two attached hydrogens (primary N) is 1. The molecule has 0 aromatic carbocycles. The molecule has 3 N–H and O–H groups in total. The molecule has 5 heteroatoms. The summed E-state index contributed by atoms with van der Waals surface area (Å²) in [4.78, 5) is 12.2. The Morgan fingerprint density at radius 2 is 2.50 bits per heavy atom. The second-order valence-corrected chi connectivity index (χ2v) is 5.01. The van der Waals surface area contributed by atoms with E-state index in [0.29, 0.717) is 19.0 Å². The number of carbonyl (C=O) groups excluding carboxylic acids is 1. The maximum absolute atomic E-state index is 11.5. The Morgan fingerprint density at radius 1 is 1.79 bits per heavy atom. The zero-order valence-corrected chi connectivity index (χ0v) is 10.3. The van der Waals surface area contributed by atoms with Crippen molar-refractivity contribution in [1.29, 1.82) is 0 Å². The van der Waals surface area contributed by atoms with Crippen molar-refractivity contribution in [3.63, 3.8) is 0 Å². The molecule has 1 unspecified atom stereocenters. The first-order valence-electron chi connectivity index (χ1n) is 4.35. The lowest BCUT2D eigenvalue weighted by Gasteiger charge is -2.08. The van der Waals surface area contributed by atoms with Gasteiger partial charge in [0.05, 0.1) is 4.88 Å². The summed E-state index contributed by atoms with van der Waals surface area (Å²) in [6.07, 6.45) is 0. The molecule has 1 rings (SSSR count). The number of carbonyl (C=O) groups is 1. The fraction of sp³-hybridized carbons (Fsp3) is 0.444. The van der Waals surface area contributed by atoms with E-state index < -0.39 is 0 Å². The van der Waals surface area contributed by atoms with E-state index in [9.17, 15) is 4.79 Å². The Kier molecular flexibility index (Phi) is 4.57. The molecule has 3 nitrogen and oxygen atoms in total. The molecule has 0 spiro atoms. The zero-order valence-electron chi connectivity index (χ0n) is 7.92. The molecule has 0 bridgehead atoms. The highest BCUT2D eigenvalue weighted by molar-refractivity contribution is 9.10. The van der Waals surface area contributed by atoms with Crippen molar-refractivity contribution in [1.82, 2.24) is 5.32 Å². The molecular weight excluding hydrogens is 264 g/mol. The van der Waals surface area contributed by atoms with E-state index >= 15 is 0 Å². The van der Waals surface area contributed by atoms with Crippen molar-refractivity contribution in [2.24, 2.45) is 11.7 Å². The molecule has 0 saturated carbocycles. The Bertz CT molecular complexity index is 314. The number of amides is 1. The smallest absolute Gasteiger partial charge is 0.261 e. The minimum atomic E-state index is -0.0269. The number of thiophene rings is 1. The predicted molar refractivity (Wildman–Crippen MR) is 62.6 cm³/mol. The molecule has 1 aromatic rings. The van der Waals surface area contributed by atoms with E-state index in [4.69, 9.17) is 5.73 Å². The summed E-state index contributed by atoms with van der Waals surface area (Å²) in [5.41, 5.74) is 5.44. The van der Waals surface area contributed by atoms with Crippen LogP contribution in [0.5, 0.6) is 0 Å². The third kappa shape index (κ3) is 3.40. The van der Waals surface area contributed by atoms with Crippen LogP contribution in [0.15, 0.2) is 15.9 Å². The van der Waals surface area contributed by atoms with Crippen LogP contribution in [0.3, 0.4) is 0 Å². The Morgan fingerprint density at radius 3 is 3.00 bits per heavy atom. The summed E-state index contributed by atoms with van der Waals surface area (Å²) in [5.74, 6) is 0.295. The first-order chi connectivity index (χ1) is 6.63. The van der Waals surface area contributed by atoms with Crippen molar-refractivity contribution in [2.75, 3.05) is 13.1 Å². The quantitative estimate of drug-likeness (QED) is 0.882. The number of rotatable bonds is 4. The van der Waals surface area contributed by atoms with Crippen molar-refractivity contribution in [2.45, 2.75) is 6.92 Å². The molecule has 0 aliphatic heterocycles. The fourth-order valence-electron chi connectivity index (χ4n) is 0.869. The number of hydrogen-bond acceptors (Lipinski definition) is 3. The highest BCUT2D eigenvalue weighted by atomic mass is 79.9. The van der Waals surface area contributed by atoms with Gasteiger partial charge in [-0.05, 0) is 34.5 Å². The SMILES string of the molecule is CC(CN)CNC(=O)c1cc(Br)cs1. The van der Waals surface area contributed by atoms with E-state index in [-0.39, 0.29) is 5.91 Å². The van der Waals surface area contributed by atoms with Gasteiger partial charge < -0.3 is 11.1 Å². The molecule has 0 saturated heterocycles. The van der Waals surface area contributed by atoms with Gasteiger partial charge in [-0.15, -0.1) is 11.3 Å². The lowest BCUT2D eigenvalue weighted by molar-refractivity contribution is 0.0952. The van der Waals surface area contributed by atoms with Gasteiger partial charge in [0.2, 0.25) is 0 Å².